The van der Waals surface area contributed by atoms with Gasteiger partial charge >= 0.3 is 0 Å². The minimum atomic E-state index is 0.133. The molecule has 4 aliphatic rings. The SMILES string of the molecule is C#Cc1cccc2cc(O)cc(-c3ncc4c(N5CC6CCC(C5)N6)cc(OCC56CCCN5CCC6)nc4n3)c12. The Morgan fingerprint density at radius 1 is 1.07 bits per heavy atom. The van der Waals surface area contributed by atoms with Crippen LogP contribution in [-0.4, -0.2) is 75.4 Å². The molecule has 4 aliphatic heterocycles. The topological polar surface area (TPSA) is 86.6 Å². The lowest BCUT2D eigenvalue weighted by molar-refractivity contribution is 0.111. The van der Waals surface area contributed by atoms with Crippen LogP contribution < -0.4 is 15.0 Å². The maximum Gasteiger partial charge on any atom is 0.217 e. The number of nitrogens with one attached hydrogen (secondary N) is 1. The molecule has 4 fully saturated rings. The van der Waals surface area contributed by atoms with Gasteiger partial charge in [-0.2, -0.15) is 4.98 Å². The Balaban J connectivity index is 1.24. The molecule has 2 aromatic heterocycles. The lowest BCUT2D eigenvalue weighted by atomic mass is 9.95. The zero-order chi connectivity index (χ0) is 27.6. The Morgan fingerprint density at radius 2 is 1.88 bits per heavy atom. The Morgan fingerprint density at radius 3 is 2.66 bits per heavy atom. The third-order valence-corrected chi connectivity index (χ3v) is 9.74. The van der Waals surface area contributed by atoms with Gasteiger partial charge < -0.3 is 20.1 Å². The summed E-state index contributed by atoms with van der Waals surface area (Å²) in [6.45, 7) is 4.86. The van der Waals surface area contributed by atoms with Gasteiger partial charge in [-0.3, -0.25) is 4.90 Å². The molecule has 8 nitrogen and oxygen atoms in total. The van der Waals surface area contributed by atoms with Gasteiger partial charge in [0.15, 0.2) is 11.5 Å². The Hall–Kier alpha value is -3.93. The van der Waals surface area contributed by atoms with Crippen LogP contribution in [0.4, 0.5) is 5.69 Å². The summed E-state index contributed by atoms with van der Waals surface area (Å²) in [6, 6.07) is 12.2. The normalized spacial score (nSPS) is 23.2. The van der Waals surface area contributed by atoms with Crippen LogP contribution in [0.2, 0.25) is 0 Å². The van der Waals surface area contributed by atoms with E-state index in [1.807, 2.05) is 24.4 Å². The Labute approximate surface area is 239 Å². The zero-order valence-corrected chi connectivity index (χ0v) is 23.1. The first-order chi connectivity index (χ1) is 20.1. The van der Waals surface area contributed by atoms with Crippen molar-refractivity contribution >= 4 is 27.5 Å². The molecular weight excluding hydrogens is 512 g/mol. The van der Waals surface area contributed by atoms with Crippen LogP contribution >= 0.6 is 0 Å². The van der Waals surface area contributed by atoms with Gasteiger partial charge in [-0.05, 0) is 75.2 Å². The highest BCUT2D eigenvalue weighted by atomic mass is 16.5. The molecule has 4 aromatic rings. The molecule has 208 valence electrons. The summed E-state index contributed by atoms with van der Waals surface area (Å²) in [5, 5.41) is 16.9. The lowest BCUT2D eigenvalue weighted by Crippen LogP contribution is -2.51. The number of aromatic nitrogens is 3. The van der Waals surface area contributed by atoms with Crippen molar-refractivity contribution in [1.29, 1.82) is 0 Å². The smallest absolute Gasteiger partial charge is 0.217 e. The summed E-state index contributed by atoms with van der Waals surface area (Å²) in [4.78, 5) is 19.8. The molecule has 0 saturated carbocycles. The number of aromatic hydroxyl groups is 1. The monoisotopic (exact) mass is 546 g/mol. The maximum atomic E-state index is 10.6. The number of phenols is 1. The van der Waals surface area contributed by atoms with E-state index in [0.29, 0.717) is 41.6 Å². The average molecular weight is 547 g/mol. The van der Waals surface area contributed by atoms with Crippen molar-refractivity contribution in [3.63, 3.8) is 0 Å². The summed E-state index contributed by atoms with van der Waals surface area (Å²) in [6.07, 6.45) is 15.0. The standard InChI is InChI=1S/C33H34N6O2/c1-2-21-6-3-7-22-14-25(40)15-26(30(21)22)31-34-17-27-28(38-18-23-8-9-24(19-38)35-23)16-29(36-32(27)37-31)41-20-33-10-4-12-39(33)13-5-11-33/h1,3,6-7,14-17,23-24,35,40H,4-5,8-13,18-20H2. The van der Waals surface area contributed by atoms with Crippen molar-refractivity contribution in [3.8, 4) is 35.4 Å². The summed E-state index contributed by atoms with van der Waals surface area (Å²) in [5.41, 5.74) is 3.23. The largest absolute Gasteiger partial charge is 0.508 e. The summed E-state index contributed by atoms with van der Waals surface area (Å²) < 4.78 is 6.55. The predicted octanol–water partition coefficient (Wildman–Crippen LogP) is 4.48. The first kappa shape index (κ1) is 24.8. The molecule has 8 heteroatoms. The molecule has 41 heavy (non-hydrogen) atoms. The third kappa shape index (κ3) is 4.18. The van der Waals surface area contributed by atoms with E-state index in [4.69, 9.17) is 26.1 Å². The molecule has 2 N–H and O–H groups in total. The highest BCUT2D eigenvalue weighted by Gasteiger charge is 2.45. The van der Waals surface area contributed by atoms with Gasteiger partial charge in [0.1, 0.15) is 12.4 Å². The number of hydrogen-bond donors (Lipinski definition) is 2. The van der Waals surface area contributed by atoms with Crippen molar-refractivity contribution in [2.45, 2.75) is 56.1 Å². The Kier molecular flexibility index (Phi) is 5.80. The van der Waals surface area contributed by atoms with E-state index >= 15 is 0 Å². The number of fused-ring (bicyclic) bond motifs is 5. The number of rotatable bonds is 5. The van der Waals surface area contributed by atoms with Gasteiger partial charge in [-0.25, -0.2) is 9.97 Å². The molecule has 0 radical (unpaired) electrons. The molecule has 2 aromatic carbocycles. The van der Waals surface area contributed by atoms with Crippen LogP contribution in [0.25, 0.3) is 33.2 Å². The van der Waals surface area contributed by atoms with E-state index < -0.39 is 0 Å². The van der Waals surface area contributed by atoms with Crippen LogP contribution in [0.1, 0.15) is 44.1 Å². The van der Waals surface area contributed by atoms with Gasteiger partial charge in [0.2, 0.25) is 5.88 Å². The number of pyridine rings is 1. The van der Waals surface area contributed by atoms with Crippen molar-refractivity contribution in [1.82, 2.24) is 25.2 Å². The average Bonchev–Trinajstić information content (AvgIpc) is 3.68. The summed E-state index contributed by atoms with van der Waals surface area (Å²) in [5.74, 6) is 4.02. The quantitative estimate of drug-likeness (QED) is 0.355. The van der Waals surface area contributed by atoms with Crippen molar-refractivity contribution in [2.24, 2.45) is 0 Å². The van der Waals surface area contributed by atoms with Crippen molar-refractivity contribution in [2.75, 3.05) is 37.7 Å². The highest BCUT2D eigenvalue weighted by Crippen LogP contribution is 2.40. The number of anilines is 1. The Bertz CT molecular complexity index is 1690. The van der Waals surface area contributed by atoms with Crippen LogP contribution in [0.5, 0.6) is 11.6 Å². The van der Waals surface area contributed by atoms with E-state index in [1.165, 1.54) is 38.5 Å². The molecule has 4 saturated heterocycles. The second kappa shape index (κ2) is 9.57. The van der Waals surface area contributed by atoms with E-state index in [0.717, 1.165) is 53.6 Å². The molecule has 0 amide bonds. The molecule has 2 atom stereocenters. The van der Waals surface area contributed by atoms with Crippen molar-refractivity contribution < 1.29 is 9.84 Å². The van der Waals surface area contributed by atoms with Crippen LogP contribution in [0.3, 0.4) is 0 Å². The number of terminal acetylenes is 1. The van der Waals surface area contributed by atoms with E-state index in [2.05, 4.69) is 27.1 Å². The summed E-state index contributed by atoms with van der Waals surface area (Å²) in [7, 11) is 0. The third-order valence-electron chi connectivity index (χ3n) is 9.74. The lowest BCUT2D eigenvalue weighted by Gasteiger charge is -2.35. The number of phenolic OH excluding ortho intramolecular Hbond substituents is 1. The maximum absolute atomic E-state index is 10.6. The second-order valence-electron chi connectivity index (χ2n) is 12.2. The molecular formula is C33H34N6O2. The minimum absolute atomic E-state index is 0.133. The van der Waals surface area contributed by atoms with Gasteiger partial charge in [0.05, 0.1) is 16.6 Å². The highest BCUT2D eigenvalue weighted by molar-refractivity contribution is 6.01. The van der Waals surface area contributed by atoms with Gasteiger partial charge in [-0.15, -0.1) is 6.42 Å². The first-order valence-electron chi connectivity index (χ1n) is 14.9. The van der Waals surface area contributed by atoms with Crippen LogP contribution in [0, 0.1) is 12.3 Å². The fourth-order valence-corrected chi connectivity index (χ4v) is 7.81. The van der Waals surface area contributed by atoms with Crippen molar-refractivity contribution in [3.05, 3.63) is 48.2 Å². The summed E-state index contributed by atoms with van der Waals surface area (Å²) >= 11 is 0. The number of benzene rings is 2. The molecule has 0 spiro atoms. The van der Waals surface area contributed by atoms with Gasteiger partial charge in [0, 0.05) is 53.9 Å². The van der Waals surface area contributed by atoms with Gasteiger partial charge in [0.25, 0.3) is 0 Å². The first-order valence-corrected chi connectivity index (χ1v) is 14.9. The zero-order valence-electron chi connectivity index (χ0n) is 23.1. The molecule has 0 aliphatic carbocycles. The predicted molar refractivity (Wildman–Crippen MR) is 160 cm³/mol. The second-order valence-corrected chi connectivity index (χ2v) is 12.2. The fourth-order valence-electron chi connectivity index (χ4n) is 7.81. The minimum Gasteiger partial charge on any atom is -0.508 e. The number of piperazine rings is 1. The van der Waals surface area contributed by atoms with E-state index in [-0.39, 0.29) is 11.3 Å². The van der Waals surface area contributed by atoms with Crippen LogP contribution in [0.15, 0.2) is 42.6 Å². The number of hydrogen-bond acceptors (Lipinski definition) is 8. The van der Waals surface area contributed by atoms with Gasteiger partial charge in [-0.1, -0.05) is 18.1 Å². The number of nitrogens with zero attached hydrogens (tertiary/aromatic N) is 5. The number of ether oxygens (including phenoxy) is 1. The van der Waals surface area contributed by atoms with E-state index in [1.54, 1.807) is 12.1 Å². The molecule has 2 bridgehead atoms. The van der Waals surface area contributed by atoms with E-state index in [9.17, 15) is 5.11 Å². The van der Waals surface area contributed by atoms with Crippen LogP contribution in [-0.2, 0) is 0 Å². The fraction of sp³-hybridized carbons (Fsp3) is 0.424. The molecule has 2 unspecified atom stereocenters. The molecule has 8 rings (SSSR count). The molecule has 6 heterocycles.